The van der Waals surface area contributed by atoms with Crippen molar-refractivity contribution in [2.24, 2.45) is 5.92 Å². The standard InChI is InChI=1S/C18H20O6S2/c19-18(20)15(11-13-25(21,22)16-7-3-1-4-8-16)12-14-26(23,24)17-9-5-2-6-10-17/h1-10,15H,11-14H2,(H,19,20). The summed E-state index contributed by atoms with van der Waals surface area (Å²) in [5.41, 5.74) is 0. The Kier molecular flexibility index (Phi) is 6.55. The third-order valence-corrected chi connectivity index (χ3v) is 7.55. The molecule has 0 radical (unpaired) electrons. The van der Waals surface area contributed by atoms with Crippen LogP contribution >= 0.6 is 0 Å². The number of carboxylic acids is 1. The summed E-state index contributed by atoms with van der Waals surface area (Å²) in [4.78, 5) is 11.7. The van der Waals surface area contributed by atoms with Crippen molar-refractivity contribution in [3.05, 3.63) is 60.7 Å². The minimum atomic E-state index is -3.61. The van der Waals surface area contributed by atoms with Crippen molar-refractivity contribution in [1.29, 1.82) is 0 Å². The molecule has 2 aromatic rings. The lowest BCUT2D eigenvalue weighted by atomic mass is 10.0. The molecule has 0 atom stereocenters. The van der Waals surface area contributed by atoms with Gasteiger partial charge >= 0.3 is 5.97 Å². The van der Waals surface area contributed by atoms with Crippen LogP contribution in [0.1, 0.15) is 12.8 Å². The summed E-state index contributed by atoms with van der Waals surface area (Å²) in [5.74, 6) is -2.94. The monoisotopic (exact) mass is 396 g/mol. The fourth-order valence-electron chi connectivity index (χ4n) is 2.48. The fraction of sp³-hybridized carbons (Fsp3) is 0.278. The molecule has 0 aromatic heterocycles. The van der Waals surface area contributed by atoms with E-state index in [-0.39, 0.29) is 34.1 Å². The molecule has 2 aromatic carbocycles. The fourth-order valence-corrected chi connectivity index (χ4v) is 5.28. The van der Waals surface area contributed by atoms with Crippen LogP contribution in [-0.2, 0) is 24.5 Å². The van der Waals surface area contributed by atoms with Crippen molar-refractivity contribution in [2.45, 2.75) is 22.6 Å². The van der Waals surface area contributed by atoms with Crippen LogP contribution in [0.2, 0.25) is 0 Å². The average Bonchev–Trinajstić information content (AvgIpc) is 2.62. The summed E-state index contributed by atoms with van der Waals surface area (Å²) in [6, 6.07) is 15.5. The lowest BCUT2D eigenvalue weighted by Crippen LogP contribution is -2.22. The number of hydrogen-bond acceptors (Lipinski definition) is 5. The maximum absolute atomic E-state index is 12.3. The van der Waals surface area contributed by atoms with E-state index in [4.69, 9.17) is 0 Å². The van der Waals surface area contributed by atoms with E-state index in [9.17, 15) is 26.7 Å². The van der Waals surface area contributed by atoms with Crippen LogP contribution in [0.5, 0.6) is 0 Å². The first-order valence-electron chi connectivity index (χ1n) is 8.01. The SMILES string of the molecule is O=C(O)C(CCS(=O)(=O)c1ccccc1)CCS(=O)(=O)c1ccccc1. The maximum Gasteiger partial charge on any atom is 0.306 e. The summed E-state index contributed by atoms with van der Waals surface area (Å²) in [7, 11) is -7.22. The zero-order valence-corrected chi connectivity index (χ0v) is 15.6. The molecule has 0 spiro atoms. The summed E-state index contributed by atoms with van der Waals surface area (Å²) in [6.45, 7) is 0. The molecule has 0 fully saturated rings. The van der Waals surface area contributed by atoms with E-state index in [1.54, 1.807) is 36.4 Å². The Morgan fingerprint density at radius 2 is 1.08 bits per heavy atom. The lowest BCUT2D eigenvalue weighted by molar-refractivity contribution is -0.141. The van der Waals surface area contributed by atoms with Crippen molar-refractivity contribution in [3.8, 4) is 0 Å². The number of benzene rings is 2. The largest absolute Gasteiger partial charge is 0.481 e. The quantitative estimate of drug-likeness (QED) is 0.698. The van der Waals surface area contributed by atoms with Gasteiger partial charge in [0.25, 0.3) is 0 Å². The molecule has 26 heavy (non-hydrogen) atoms. The van der Waals surface area contributed by atoms with Crippen LogP contribution in [0.15, 0.2) is 70.5 Å². The van der Waals surface area contributed by atoms with Crippen molar-refractivity contribution >= 4 is 25.6 Å². The highest BCUT2D eigenvalue weighted by molar-refractivity contribution is 7.91. The van der Waals surface area contributed by atoms with Crippen LogP contribution in [0.3, 0.4) is 0 Å². The van der Waals surface area contributed by atoms with Crippen LogP contribution in [0, 0.1) is 5.92 Å². The highest BCUT2D eigenvalue weighted by atomic mass is 32.2. The Morgan fingerprint density at radius 1 is 0.731 bits per heavy atom. The molecule has 0 aliphatic carbocycles. The van der Waals surface area contributed by atoms with Gasteiger partial charge in [-0.05, 0) is 37.1 Å². The number of hydrogen-bond donors (Lipinski definition) is 1. The van der Waals surface area contributed by atoms with E-state index in [0.29, 0.717) is 0 Å². The molecule has 0 saturated heterocycles. The summed E-state index contributed by atoms with van der Waals surface area (Å²) in [5, 5.41) is 9.32. The highest BCUT2D eigenvalue weighted by Gasteiger charge is 2.25. The Balaban J connectivity index is 2.03. The van der Waals surface area contributed by atoms with E-state index >= 15 is 0 Å². The first-order chi connectivity index (χ1) is 12.2. The minimum Gasteiger partial charge on any atom is -0.481 e. The molecular formula is C18H20O6S2. The van der Waals surface area contributed by atoms with Gasteiger partial charge in [0.1, 0.15) is 0 Å². The molecule has 8 heteroatoms. The van der Waals surface area contributed by atoms with E-state index in [1.165, 1.54) is 24.3 Å². The highest BCUT2D eigenvalue weighted by Crippen LogP contribution is 2.19. The topological polar surface area (TPSA) is 106 Å². The van der Waals surface area contributed by atoms with Gasteiger partial charge in [0.05, 0.1) is 27.2 Å². The van der Waals surface area contributed by atoms with E-state index in [0.717, 1.165) is 0 Å². The second-order valence-corrected chi connectivity index (χ2v) is 10.1. The van der Waals surface area contributed by atoms with Crippen molar-refractivity contribution in [3.63, 3.8) is 0 Å². The van der Waals surface area contributed by atoms with Gasteiger partial charge in [-0.15, -0.1) is 0 Å². The number of carboxylic acid groups (broad SMARTS) is 1. The first kappa shape index (κ1) is 20.1. The molecule has 0 aliphatic heterocycles. The average molecular weight is 396 g/mol. The second-order valence-electron chi connectivity index (χ2n) is 5.88. The van der Waals surface area contributed by atoms with E-state index < -0.39 is 31.6 Å². The predicted octanol–water partition coefficient (Wildman–Crippen LogP) is 2.42. The van der Waals surface area contributed by atoms with Gasteiger partial charge in [-0.1, -0.05) is 36.4 Å². The molecule has 0 amide bonds. The van der Waals surface area contributed by atoms with Gasteiger partial charge in [0.2, 0.25) is 0 Å². The summed E-state index contributed by atoms with van der Waals surface area (Å²) in [6.07, 6.45) is -0.284. The Bertz CT molecular complexity index is 862. The van der Waals surface area contributed by atoms with Gasteiger partial charge in [0, 0.05) is 0 Å². The Morgan fingerprint density at radius 3 is 1.38 bits per heavy atom. The molecule has 6 nitrogen and oxygen atoms in total. The number of aliphatic carboxylic acids is 1. The summed E-state index contributed by atoms with van der Waals surface area (Å²) < 4.78 is 49.1. The molecular weight excluding hydrogens is 376 g/mol. The number of rotatable bonds is 9. The molecule has 0 unspecified atom stereocenters. The van der Waals surface area contributed by atoms with Crippen LogP contribution in [0.25, 0.3) is 0 Å². The van der Waals surface area contributed by atoms with Gasteiger partial charge < -0.3 is 5.11 Å². The van der Waals surface area contributed by atoms with Crippen molar-refractivity contribution in [1.82, 2.24) is 0 Å². The molecule has 0 heterocycles. The van der Waals surface area contributed by atoms with Crippen molar-refractivity contribution in [2.75, 3.05) is 11.5 Å². The third kappa shape index (κ3) is 5.40. The molecule has 0 saturated carbocycles. The molecule has 140 valence electrons. The minimum absolute atomic E-state index is 0.126. The van der Waals surface area contributed by atoms with Crippen LogP contribution in [0.4, 0.5) is 0 Å². The number of sulfone groups is 2. The predicted molar refractivity (Wildman–Crippen MR) is 97.3 cm³/mol. The number of carbonyl (C=O) groups is 1. The Hall–Kier alpha value is -2.19. The molecule has 2 rings (SSSR count). The molecule has 1 N–H and O–H groups in total. The van der Waals surface area contributed by atoms with Gasteiger partial charge in [-0.2, -0.15) is 0 Å². The maximum atomic E-state index is 12.3. The smallest absolute Gasteiger partial charge is 0.306 e. The molecule has 0 aliphatic rings. The second kappa shape index (κ2) is 8.46. The zero-order chi connectivity index (χ0) is 19.2. The van der Waals surface area contributed by atoms with Gasteiger partial charge in [-0.25, -0.2) is 16.8 Å². The molecule has 0 bridgehead atoms. The van der Waals surface area contributed by atoms with Crippen molar-refractivity contribution < 1.29 is 26.7 Å². The van der Waals surface area contributed by atoms with Crippen LogP contribution < -0.4 is 0 Å². The first-order valence-corrected chi connectivity index (χ1v) is 11.3. The van der Waals surface area contributed by atoms with Gasteiger partial charge in [0.15, 0.2) is 19.7 Å². The normalized spacial score (nSPS) is 12.2. The third-order valence-electron chi connectivity index (χ3n) is 4.02. The zero-order valence-electron chi connectivity index (χ0n) is 14.0. The van der Waals surface area contributed by atoms with E-state index in [2.05, 4.69) is 0 Å². The summed E-state index contributed by atoms with van der Waals surface area (Å²) >= 11 is 0. The van der Waals surface area contributed by atoms with Crippen LogP contribution in [-0.4, -0.2) is 39.4 Å². The van der Waals surface area contributed by atoms with E-state index in [1.807, 2.05) is 0 Å². The lowest BCUT2D eigenvalue weighted by Gasteiger charge is -2.13. The van der Waals surface area contributed by atoms with Gasteiger partial charge in [-0.3, -0.25) is 4.79 Å². The Labute approximate surface area is 153 Å².